The molecule has 3 aromatic heterocycles. The van der Waals surface area contributed by atoms with Gasteiger partial charge in [0.1, 0.15) is 12.4 Å². The van der Waals surface area contributed by atoms with Gasteiger partial charge in [-0.3, -0.25) is 9.20 Å². The predicted molar refractivity (Wildman–Crippen MR) is 105 cm³/mol. The van der Waals surface area contributed by atoms with Crippen molar-refractivity contribution in [3.05, 3.63) is 60.6 Å². The Bertz CT molecular complexity index is 1140. The molecule has 4 heterocycles. The second-order valence-electron chi connectivity index (χ2n) is 7.18. The molecule has 0 bridgehead atoms. The highest BCUT2D eigenvalue weighted by Crippen LogP contribution is 2.26. The van der Waals surface area contributed by atoms with E-state index < -0.39 is 0 Å². The summed E-state index contributed by atoms with van der Waals surface area (Å²) < 4.78 is 2.00. The number of amides is 1. The summed E-state index contributed by atoms with van der Waals surface area (Å²) in [6.07, 6.45) is 3.88. The Balaban J connectivity index is 1.29. The Labute approximate surface area is 167 Å². The number of pyridine rings is 1. The van der Waals surface area contributed by atoms with E-state index in [1.54, 1.807) is 0 Å². The molecular weight excluding hydrogens is 368 g/mol. The molecule has 0 spiro atoms. The molecule has 1 aliphatic heterocycles. The van der Waals surface area contributed by atoms with Gasteiger partial charge in [0.25, 0.3) is 0 Å². The van der Waals surface area contributed by atoms with Gasteiger partial charge in [-0.05, 0) is 30.2 Å². The molecule has 1 saturated heterocycles. The average molecular weight is 388 g/mol. The van der Waals surface area contributed by atoms with E-state index in [1.807, 2.05) is 64.0 Å². The van der Waals surface area contributed by atoms with Crippen LogP contribution in [0.15, 0.2) is 54.7 Å². The van der Waals surface area contributed by atoms with Crippen molar-refractivity contribution in [3.8, 4) is 11.4 Å². The summed E-state index contributed by atoms with van der Waals surface area (Å²) in [5.74, 6) is 1.57. The minimum atomic E-state index is -0.0134. The molecular formula is C20H20N8O. The largest absolute Gasteiger partial charge is 0.340 e. The highest BCUT2D eigenvalue weighted by Gasteiger charge is 2.28. The first kappa shape index (κ1) is 17.5. The number of carbonyl (C=O) groups excluding carboxylic acids is 1. The first-order valence-electron chi connectivity index (χ1n) is 9.68. The lowest BCUT2D eigenvalue weighted by molar-refractivity contribution is -0.133. The molecule has 0 radical (unpaired) electrons. The molecule has 9 nitrogen and oxygen atoms in total. The van der Waals surface area contributed by atoms with Gasteiger partial charge in [0.15, 0.2) is 5.65 Å². The van der Waals surface area contributed by atoms with E-state index in [2.05, 4.69) is 25.6 Å². The minimum Gasteiger partial charge on any atom is -0.340 e. The van der Waals surface area contributed by atoms with Crippen LogP contribution < -0.4 is 0 Å². The number of nitrogens with zero attached hydrogens (tertiary/aromatic N) is 8. The lowest BCUT2D eigenvalue weighted by Gasteiger charge is -2.31. The third kappa shape index (κ3) is 3.46. The lowest BCUT2D eigenvalue weighted by atomic mass is 9.97. The smallest absolute Gasteiger partial charge is 0.246 e. The molecule has 1 atom stereocenters. The van der Waals surface area contributed by atoms with Gasteiger partial charge in [-0.1, -0.05) is 36.4 Å². The van der Waals surface area contributed by atoms with Gasteiger partial charge in [-0.25, -0.2) is 0 Å². The number of carbonyl (C=O) groups is 1. The van der Waals surface area contributed by atoms with Crippen LogP contribution in [0.1, 0.15) is 24.6 Å². The average Bonchev–Trinajstić information content (AvgIpc) is 3.42. The molecule has 1 unspecified atom stereocenters. The standard InChI is InChI=1S/C20H20N8O/c29-18(14-28-24-19(22-25-28)15-7-2-1-3-8-15)26-11-6-9-16(13-26)20-23-21-17-10-4-5-12-27(17)20/h1-5,7-8,10,12,16H,6,9,11,13-14H2. The Kier molecular flexibility index (Phi) is 4.47. The normalized spacial score (nSPS) is 17.0. The van der Waals surface area contributed by atoms with E-state index in [1.165, 1.54) is 4.80 Å². The SMILES string of the molecule is O=C(Cn1nnc(-c2ccccc2)n1)N1CCCC(c2nnc3ccccn23)C1. The molecule has 9 heteroatoms. The molecule has 1 aromatic carbocycles. The zero-order chi connectivity index (χ0) is 19.6. The molecule has 29 heavy (non-hydrogen) atoms. The molecule has 4 aromatic rings. The van der Waals surface area contributed by atoms with Crippen LogP contribution in [0, 0.1) is 0 Å². The molecule has 0 N–H and O–H groups in total. The van der Waals surface area contributed by atoms with Crippen LogP contribution in [0.2, 0.25) is 0 Å². The first-order chi connectivity index (χ1) is 14.3. The topological polar surface area (TPSA) is 94.1 Å². The summed E-state index contributed by atoms with van der Waals surface area (Å²) in [6, 6.07) is 15.5. The third-order valence-corrected chi connectivity index (χ3v) is 5.24. The van der Waals surface area contributed by atoms with Crippen LogP contribution in [0.5, 0.6) is 0 Å². The number of hydrogen-bond acceptors (Lipinski definition) is 6. The lowest BCUT2D eigenvalue weighted by Crippen LogP contribution is -2.41. The van der Waals surface area contributed by atoms with Gasteiger partial charge in [-0.2, -0.15) is 4.80 Å². The molecule has 0 aliphatic carbocycles. The summed E-state index contributed by atoms with van der Waals surface area (Å²) in [5, 5.41) is 21.1. The fourth-order valence-electron chi connectivity index (χ4n) is 3.79. The van der Waals surface area contributed by atoms with Gasteiger partial charge >= 0.3 is 0 Å². The summed E-state index contributed by atoms with van der Waals surface area (Å²) in [7, 11) is 0. The number of likely N-dealkylation sites (tertiary alicyclic amines) is 1. The Morgan fingerprint density at radius 2 is 1.90 bits per heavy atom. The second kappa shape index (κ2) is 7.42. The molecule has 5 rings (SSSR count). The van der Waals surface area contributed by atoms with Crippen molar-refractivity contribution >= 4 is 11.6 Å². The monoisotopic (exact) mass is 388 g/mol. The van der Waals surface area contributed by atoms with Gasteiger partial charge in [0.2, 0.25) is 11.7 Å². The number of hydrogen-bond donors (Lipinski definition) is 0. The van der Waals surface area contributed by atoms with Crippen molar-refractivity contribution in [2.24, 2.45) is 0 Å². The van der Waals surface area contributed by atoms with E-state index in [0.29, 0.717) is 12.4 Å². The van der Waals surface area contributed by atoms with E-state index in [-0.39, 0.29) is 18.4 Å². The maximum atomic E-state index is 12.8. The molecule has 1 aliphatic rings. The van der Waals surface area contributed by atoms with Gasteiger partial charge in [-0.15, -0.1) is 20.4 Å². The first-order valence-corrected chi connectivity index (χ1v) is 9.68. The van der Waals surface area contributed by atoms with Crippen LogP contribution in [0.25, 0.3) is 17.0 Å². The van der Waals surface area contributed by atoms with Crippen molar-refractivity contribution in [2.75, 3.05) is 13.1 Å². The van der Waals surface area contributed by atoms with E-state index in [4.69, 9.17) is 0 Å². The maximum absolute atomic E-state index is 12.8. The van der Waals surface area contributed by atoms with E-state index >= 15 is 0 Å². The van der Waals surface area contributed by atoms with Crippen LogP contribution in [0.4, 0.5) is 0 Å². The molecule has 1 fully saturated rings. The summed E-state index contributed by atoms with van der Waals surface area (Å²) >= 11 is 0. The van der Waals surface area contributed by atoms with Crippen LogP contribution in [-0.4, -0.2) is 58.7 Å². The number of tetrazole rings is 1. The fourth-order valence-corrected chi connectivity index (χ4v) is 3.79. The maximum Gasteiger partial charge on any atom is 0.246 e. The van der Waals surface area contributed by atoms with Gasteiger partial charge in [0, 0.05) is 30.8 Å². The summed E-state index contributed by atoms with van der Waals surface area (Å²) in [4.78, 5) is 16.1. The second-order valence-corrected chi connectivity index (χ2v) is 7.18. The highest BCUT2D eigenvalue weighted by molar-refractivity contribution is 5.76. The Hall–Kier alpha value is -3.62. The van der Waals surface area contributed by atoms with Crippen molar-refractivity contribution < 1.29 is 4.79 Å². The molecule has 146 valence electrons. The van der Waals surface area contributed by atoms with Crippen molar-refractivity contribution in [3.63, 3.8) is 0 Å². The third-order valence-electron chi connectivity index (χ3n) is 5.24. The van der Waals surface area contributed by atoms with Crippen LogP contribution in [0.3, 0.4) is 0 Å². The van der Waals surface area contributed by atoms with Crippen LogP contribution in [-0.2, 0) is 11.3 Å². The number of benzene rings is 1. The molecule has 1 amide bonds. The van der Waals surface area contributed by atoms with Crippen molar-refractivity contribution in [1.29, 1.82) is 0 Å². The van der Waals surface area contributed by atoms with E-state index in [9.17, 15) is 4.79 Å². The zero-order valence-corrected chi connectivity index (χ0v) is 15.8. The Morgan fingerprint density at radius 1 is 1.03 bits per heavy atom. The van der Waals surface area contributed by atoms with Gasteiger partial charge < -0.3 is 4.90 Å². The highest BCUT2D eigenvalue weighted by atomic mass is 16.2. The molecule has 0 saturated carbocycles. The Morgan fingerprint density at radius 3 is 2.79 bits per heavy atom. The van der Waals surface area contributed by atoms with Crippen molar-refractivity contribution in [1.82, 2.24) is 39.7 Å². The minimum absolute atomic E-state index is 0.0134. The van der Waals surface area contributed by atoms with E-state index in [0.717, 1.165) is 36.4 Å². The number of fused-ring (bicyclic) bond motifs is 1. The van der Waals surface area contributed by atoms with Crippen molar-refractivity contribution in [2.45, 2.75) is 25.3 Å². The predicted octanol–water partition coefficient (Wildman–Crippen LogP) is 1.79. The summed E-state index contributed by atoms with van der Waals surface area (Å²) in [5.41, 5.74) is 1.70. The fraction of sp³-hybridized carbons (Fsp3) is 0.300. The summed E-state index contributed by atoms with van der Waals surface area (Å²) in [6.45, 7) is 1.42. The quantitative estimate of drug-likeness (QED) is 0.529. The number of piperidine rings is 1. The number of rotatable bonds is 4. The zero-order valence-electron chi connectivity index (χ0n) is 15.8. The number of aromatic nitrogens is 7. The van der Waals surface area contributed by atoms with Gasteiger partial charge in [0.05, 0.1) is 0 Å². The van der Waals surface area contributed by atoms with Crippen LogP contribution >= 0.6 is 0 Å².